The van der Waals surface area contributed by atoms with E-state index in [1.165, 1.54) is 0 Å². The van der Waals surface area contributed by atoms with E-state index in [-0.39, 0.29) is 11.8 Å². The number of amides is 1. The summed E-state index contributed by atoms with van der Waals surface area (Å²) < 4.78 is 5.34. The molecule has 0 saturated carbocycles. The van der Waals surface area contributed by atoms with Gasteiger partial charge in [0, 0.05) is 31.0 Å². The molecule has 0 spiro atoms. The first-order chi connectivity index (χ1) is 11.7. The maximum Gasteiger partial charge on any atom is 0.228 e. The molecular formula is C19H23N3O2. The first-order valence-corrected chi connectivity index (χ1v) is 8.74. The Morgan fingerprint density at radius 3 is 2.75 bits per heavy atom. The first kappa shape index (κ1) is 15.4. The summed E-state index contributed by atoms with van der Waals surface area (Å²) >= 11 is 0. The number of nitrogens with zero attached hydrogens (tertiary/aromatic N) is 2. The van der Waals surface area contributed by atoms with Crippen molar-refractivity contribution in [2.24, 2.45) is 5.92 Å². The van der Waals surface area contributed by atoms with E-state index < -0.39 is 0 Å². The normalized spacial score (nSPS) is 22.2. The largest absolute Gasteiger partial charge is 0.397 e. The Bertz CT molecular complexity index is 747. The number of ether oxygens (including phenoxy) is 1. The lowest BCUT2D eigenvalue weighted by molar-refractivity contribution is -0.136. The van der Waals surface area contributed by atoms with Gasteiger partial charge < -0.3 is 15.4 Å². The molecule has 5 nitrogen and oxygen atoms in total. The quantitative estimate of drug-likeness (QED) is 0.921. The fourth-order valence-corrected chi connectivity index (χ4v) is 3.83. The third-order valence-electron chi connectivity index (χ3n) is 5.26. The Labute approximate surface area is 141 Å². The highest BCUT2D eigenvalue weighted by Crippen LogP contribution is 2.33. The molecule has 2 aliphatic heterocycles. The van der Waals surface area contributed by atoms with Crippen LogP contribution in [0, 0.1) is 5.92 Å². The number of nitrogens with two attached hydrogens (primary N) is 1. The molecule has 1 aromatic heterocycles. The van der Waals surface area contributed by atoms with Crippen LogP contribution >= 0.6 is 0 Å². The fraction of sp³-hybridized carbons (Fsp3) is 0.474. The van der Waals surface area contributed by atoms with Gasteiger partial charge in [-0.15, -0.1) is 0 Å². The van der Waals surface area contributed by atoms with Crippen LogP contribution in [0.1, 0.15) is 30.9 Å². The number of carbonyl (C=O) groups is 1. The molecule has 2 aliphatic rings. The van der Waals surface area contributed by atoms with Crippen LogP contribution < -0.4 is 5.73 Å². The SMILES string of the molecule is Nc1cc2ccccc2nc1C1CCN(C(=O)[C@@H]2CCOC2)CC1. The number of pyridine rings is 1. The van der Waals surface area contributed by atoms with Crippen LogP contribution in [0.2, 0.25) is 0 Å². The number of nitrogen functional groups attached to an aromatic ring is 1. The van der Waals surface area contributed by atoms with Crippen LogP contribution in [0.3, 0.4) is 0 Å². The summed E-state index contributed by atoms with van der Waals surface area (Å²) in [5, 5.41) is 1.08. The van der Waals surface area contributed by atoms with Crippen LogP contribution in [0.5, 0.6) is 0 Å². The van der Waals surface area contributed by atoms with Gasteiger partial charge in [0.25, 0.3) is 0 Å². The lowest BCUT2D eigenvalue weighted by atomic mass is 9.91. The molecule has 126 valence electrons. The highest BCUT2D eigenvalue weighted by molar-refractivity contribution is 5.82. The lowest BCUT2D eigenvalue weighted by Gasteiger charge is -2.33. The van der Waals surface area contributed by atoms with Gasteiger partial charge in [0.2, 0.25) is 5.91 Å². The number of hydrogen-bond acceptors (Lipinski definition) is 4. The van der Waals surface area contributed by atoms with Gasteiger partial charge in [-0.2, -0.15) is 0 Å². The van der Waals surface area contributed by atoms with Crippen molar-refractivity contribution in [1.82, 2.24) is 9.88 Å². The topological polar surface area (TPSA) is 68.5 Å². The molecule has 2 N–H and O–H groups in total. The highest BCUT2D eigenvalue weighted by Gasteiger charge is 2.31. The molecule has 1 atom stereocenters. The summed E-state index contributed by atoms with van der Waals surface area (Å²) in [5.41, 5.74) is 9.00. The van der Waals surface area contributed by atoms with Gasteiger partial charge in [0.05, 0.1) is 29.4 Å². The maximum absolute atomic E-state index is 12.5. The van der Waals surface area contributed by atoms with E-state index in [1.54, 1.807) is 0 Å². The van der Waals surface area contributed by atoms with Crippen LogP contribution in [0.15, 0.2) is 30.3 Å². The van der Waals surface area contributed by atoms with Crippen LogP contribution in [-0.4, -0.2) is 42.1 Å². The Morgan fingerprint density at radius 1 is 1.21 bits per heavy atom. The molecule has 4 rings (SSSR count). The fourth-order valence-electron chi connectivity index (χ4n) is 3.83. The summed E-state index contributed by atoms with van der Waals surface area (Å²) in [5.74, 6) is 0.647. The van der Waals surface area contributed by atoms with E-state index in [0.717, 1.165) is 54.6 Å². The van der Waals surface area contributed by atoms with Crippen molar-refractivity contribution < 1.29 is 9.53 Å². The van der Waals surface area contributed by atoms with Gasteiger partial charge in [-0.25, -0.2) is 0 Å². The number of hydrogen-bond donors (Lipinski definition) is 1. The Hall–Kier alpha value is -2.14. The monoisotopic (exact) mass is 325 g/mol. The summed E-state index contributed by atoms with van der Waals surface area (Å²) in [6, 6.07) is 10.1. The smallest absolute Gasteiger partial charge is 0.228 e. The number of benzene rings is 1. The van der Waals surface area contributed by atoms with E-state index >= 15 is 0 Å². The predicted octanol–water partition coefficient (Wildman–Crippen LogP) is 2.56. The second-order valence-electron chi connectivity index (χ2n) is 6.82. The van der Waals surface area contributed by atoms with Gasteiger partial charge in [0.1, 0.15) is 0 Å². The average molecular weight is 325 g/mol. The van der Waals surface area contributed by atoms with Gasteiger partial charge in [-0.1, -0.05) is 18.2 Å². The molecule has 2 saturated heterocycles. The van der Waals surface area contributed by atoms with Crippen molar-refractivity contribution in [2.45, 2.75) is 25.2 Å². The van der Waals surface area contributed by atoms with E-state index in [9.17, 15) is 4.79 Å². The molecule has 3 heterocycles. The zero-order valence-corrected chi connectivity index (χ0v) is 13.8. The number of rotatable bonds is 2. The Balaban J connectivity index is 1.47. The van der Waals surface area contributed by atoms with Gasteiger partial charge in [-0.3, -0.25) is 9.78 Å². The van der Waals surface area contributed by atoms with Crippen molar-refractivity contribution in [3.63, 3.8) is 0 Å². The van der Waals surface area contributed by atoms with Crippen molar-refractivity contribution in [3.8, 4) is 0 Å². The van der Waals surface area contributed by atoms with E-state index in [0.29, 0.717) is 19.1 Å². The molecule has 24 heavy (non-hydrogen) atoms. The molecule has 1 amide bonds. The van der Waals surface area contributed by atoms with Crippen LogP contribution in [-0.2, 0) is 9.53 Å². The van der Waals surface area contributed by atoms with Crippen molar-refractivity contribution >= 4 is 22.5 Å². The van der Waals surface area contributed by atoms with E-state index in [2.05, 4.69) is 0 Å². The standard InChI is InChI=1S/C19H23N3O2/c20-16-11-14-3-1-2-4-17(14)21-18(16)13-5-8-22(9-6-13)19(23)15-7-10-24-12-15/h1-4,11,13,15H,5-10,12,20H2/t15-/m1/s1. The van der Waals surface area contributed by atoms with Crippen LogP contribution in [0.25, 0.3) is 10.9 Å². The number of anilines is 1. The second kappa shape index (κ2) is 6.40. The number of fused-ring (bicyclic) bond motifs is 1. The lowest BCUT2D eigenvalue weighted by Crippen LogP contribution is -2.41. The molecule has 2 aromatic rings. The summed E-state index contributed by atoms with van der Waals surface area (Å²) in [7, 11) is 0. The van der Waals surface area contributed by atoms with Gasteiger partial charge in [0.15, 0.2) is 0 Å². The van der Waals surface area contributed by atoms with Gasteiger partial charge in [-0.05, 0) is 31.4 Å². The zero-order chi connectivity index (χ0) is 16.5. The summed E-state index contributed by atoms with van der Waals surface area (Å²) in [6.07, 6.45) is 2.71. The van der Waals surface area contributed by atoms with Crippen molar-refractivity contribution in [1.29, 1.82) is 0 Å². The summed E-state index contributed by atoms with van der Waals surface area (Å²) in [4.78, 5) is 19.3. The molecular weight excluding hydrogens is 302 g/mol. The van der Waals surface area contributed by atoms with Crippen molar-refractivity contribution in [3.05, 3.63) is 36.0 Å². The molecule has 0 radical (unpaired) electrons. The second-order valence-corrected chi connectivity index (χ2v) is 6.82. The Morgan fingerprint density at radius 2 is 2.00 bits per heavy atom. The van der Waals surface area contributed by atoms with Crippen LogP contribution in [0.4, 0.5) is 5.69 Å². The number of para-hydroxylation sites is 1. The number of aromatic nitrogens is 1. The minimum atomic E-state index is 0.0606. The third-order valence-corrected chi connectivity index (χ3v) is 5.26. The highest BCUT2D eigenvalue weighted by atomic mass is 16.5. The average Bonchev–Trinajstić information content (AvgIpc) is 3.15. The molecule has 0 unspecified atom stereocenters. The number of likely N-dealkylation sites (tertiary alicyclic amines) is 1. The Kier molecular flexibility index (Phi) is 4.10. The van der Waals surface area contributed by atoms with E-state index in [4.69, 9.17) is 15.5 Å². The molecule has 5 heteroatoms. The molecule has 0 bridgehead atoms. The van der Waals surface area contributed by atoms with Gasteiger partial charge >= 0.3 is 0 Å². The minimum absolute atomic E-state index is 0.0606. The zero-order valence-electron chi connectivity index (χ0n) is 13.8. The molecule has 0 aliphatic carbocycles. The number of carbonyl (C=O) groups excluding carboxylic acids is 1. The predicted molar refractivity (Wildman–Crippen MR) is 93.6 cm³/mol. The van der Waals surface area contributed by atoms with Crippen molar-refractivity contribution in [2.75, 3.05) is 32.0 Å². The minimum Gasteiger partial charge on any atom is -0.397 e. The summed E-state index contributed by atoms with van der Waals surface area (Å²) in [6.45, 7) is 2.87. The number of piperidine rings is 1. The van der Waals surface area contributed by atoms with E-state index in [1.807, 2.05) is 35.2 Å². The first-order valence-electron chi connectivity index (χ1n) is 8.74. The molecule has 1 aromatic carbocycles. The molecule has 2 fully saturated rings. The maximum atomic E-state index is 12.5. The third kappa shape index (κ3) is 2.84.